The molecule has 17 heavy (non-hydrogen) atoms. The molecule has 1 saturated heterocycles. The van der Waals surface area contributed by atoms with Crippen molar-refractivity contribution < 1.29 is 4.39 Å². The monoisotopic (exact) mass is 301 g/mol. The second-order valence-electron chi connectivity index (χ2n) is 4.34. The molecule has 0 bridgehead atoms. The van der Waals surface area contributed by atoms with E-state index < -0.39 is 0 Å². The van der Waals surface area contributed by atoms with Crippen molar-refractivity contribution >= 4 is 21.6 Å². The summed E-state index contributed by atoms with van der Waals surface area (Å²) in [5, 5.41) is 6.51. The molecule has 0 aromatic heterocycles. The molecule has 0 aliphatic carbocycles. The maximum absolute atomic E-state index is 13.5. The van der Waals surface area contributed by atoms with Crippen LogP contribution in [0.15, 0.2) is 22.7 Å². The van der Waals surface area contributed by atoms with Crippen molar-refractivity contribution in [1.82, 2.24) is 10.2 Å². The first-order chi connectivity index (χ1) is 8.16. The Morgan fingerprint density at radius 1 is 1.59 bits per heavy atom. The zero-order chi connectivity index (χ0) is 12.3. The summed E-state index contributed by atoms with van der Waals surface area (Å²) in [4.78, 5) is 2.29. The van der Waals surface area contributed by atoms with Crippen LogP contribution in [0.2, 0.25) is 0 Å². The van der Waals surface area contributed by atoms with Gasteiger partial charge in [-0.2, -0.15) is 0 Å². The first-order valence-electron chi connectivity index (χ1n) is 5.76. The summed E-state index contributed by atoms with van der Waals surface area (Å²) >= 11 is 3.34. The summed E-state index contributed by atoms with van der Waals surface area (Å²) < 4.78 is 14.4. The minimum absolute atomic E-state index is 0.209. The van der Waals surface area contributed by atoms with Gasteiger partial charge in [0.15, 0.2) is 0 Å². The van der Waals surface area contributed by atoms with Crippen molar-refractivity contribution in [1.29, 1.82) is 0 Å². The van der Waals surface area contributed by atoms with Crippen LogP contribution < -0.4 is 10.6 Å². The van der Waals surface area contributed by atoms with Gasteiger partial charge in [0.25, 0.3) is 0 Å². The molecule has 1 aliphatic heterocycles. The van der Waals surface area contributed by atoms with Crippen LogP contribution in [0.4, 0.5) is 10.1 Å². The van der Waals surface area contributed by atoms with E-state index in [0.717, 1.165) is 30.7 Å². The lowest BCUT2D eigenvalue weighted by Crippen LogP contribution is -2.52. The molecule has 1 aliphatic rings. The number of anilines is 1. The van der Waals surface area contributed by atoms with Gasteiger partial charge >= 0.3 is 0 Å². The van der Waals surface area contributed by atoms with E-state index >= 15 is 0 Å². The van der Waals surface area contributed by atoms with Gasteiger partial charge in [0.2, 0.25) is 0 Å². The fraction of sp³-hybridized carbons (Fsp3) is 0.500. The maximum atomic E-state index is 13.5. The second-order valence-corrected chi connectivity index (χ2v) is 5.26. The van der Waals surface area contributed by atoms with E-state index in [4.69, 9.17) is 0 Å². The minimum Gasteiger partial charge on any atom is -0.381 e. The molecule has 1 atom stereocenters. The highest BCUT2D eigenvalue weighted by Gasteiger charge is 2.18. The van der Waals surface area contributed by atoms with Gasteiger partial charge in [0.1, 0.15) is 5.82 Å². The van der Waals surface area contributed by atoms with Crippen LogP contribution in [0, 0.1) is 5.82 Å². The number of nitrogens with one attached hydrogen (secondary N) is 2. The number of hydrogen-bond donors (Lipinski definition) is 2. The maximum Gasteiger partial charge on any atom is 0.146 e. The van der Waals surface area contributed by atoms with Crippen LogP contribution in [0.5, 0.6) is 0 Å². The van der Waals surface area contributed by atoms with Gasteiger partial charge in [-0.05, 0) is 25.2 Å². The van der Waals surface area contributed by atoms with Crippen molar-refractivity contribution in [2.75, 3.05) is 38.5 Å². The standard InChI is InChI=1S/C12H17BrFN3/c1-17-5-4-15-7-10(17)8-16-12-6-9(13)2-3-11(12)14/h2-3,6,10,15-16H,4-5,7-8H2,1H3. The van der Waals surface area contributed by atoms with Crippen LogP contribution in [-0.4, -0.2) is 44.2 Å². The third kappa shape index (κ3) is 3.40. The van der Waals surface area contributed by atoms with E-state index in [1.807, 2.05) is 0 Å². The number of likely N-dealkylation sites (N-methyl/N-ethyl adjacent to an activating group) is 1. The number of piperazine rings is 1. The normalized spacial score (nSPS) is 21.5. The molecule has 0 radical (unpaired) electrons. The quantitative estimate of drug-likeness (QED) is 0.893. The van der Waals surface area contributed by atoms with Crippen LogP contribution >= 0.6 is 15.9 Å². The van der Waals surface area contributed by atoms with E-state index in [-0.39, 0.29) is 5.82 Å². The van der Waals surface area contributed by atoms with Gasteiger partial charge in [-0.1, -0.05) is 15.9 Å². The van der Waals surface area contributed by atoms with E-state index in [9.17, 15) is 4.39 Å². The number of nitrogens with zero attached hydrogens (tertiary/aromatic N) is 1. The van der Waals surface area contributed by atoms with Crippen LogP contribution in [-0.2, 0) is 0 Å². The van der Waals surface area contributed by atoms with Crippen LogP contribution in [0.25, 0.3) is 0 Å². The lowest BCUT2D eigenvalue weighted by Gasteiger charge is -2.33. The Kier molecular flexibility index (Phi) is 4.36. The average Bonchev–Trinajstić information content (AvgIpc) is 2.32. The molecule has 2 N–H and O–H groups in total. The van der Waals surface area contributed by atoms with Gasteiger partial charge in [0.05, 0.1) is 5.69 Å². The molecular formula is C12H17BrFN3. The smallest absolute Gasteiger partial charge is 0.146 e. The first-order valence-corrected chi connectivity index (χ1v) is 6.56. The third-order valence-corrected chi connectivity index (χ3v) is 3.59. The summed E-state index contributed by atoms with van der Waals surface area (Å²) in [6, 6.07) is 5.34. The highest BCUT2D eigenvalue weighted by Crippen LogP contribution is 2.20. The minimum atomic E-state index is -0.209. The molecule has 1 aromatic carbocycles. The van der Waals surface area contributed by atoms with E-state index in [1.165, 1.54) is 6.07 Å². The Bertz CT molecular complexity index is 386. The molecule has 1 unspecified atom stereocenters. The molecule has 1 heterocycles. The predicted molar refractivity (Wildman–Crippen MR) is 71.9 cm³/mol. The second kappa shape index (κ2) is 5.80. The van der Waals surface area contributed by atoms with Gasteiger partial charge in [0, 0.05) is 36.7 Å². The van der Waals surface area contributed by atoms with E-state index in [0.29, 0.717) is 11.7 Å². The zero-order valence-corrected chi connectivity index (χ0v) is 11.4. The topological polar surface area (TPSA) is 27.3 Å². The van der Waals surface area contributed by atoms with Crippen LogP contribution in [0.3, 0.4) is 0 Å². The molecule has 0 saturated carbocycles. The van der Waals surface area contributed by atoms with Crippen molar-refractivity contribution in [3.63, 3.8) is 0 Å². The summed E-state index contributed by atoms with van der Waals surface area (Å²) in [5.41, 5.74) is 0.554. The summed E-state index contributed by atoms with van der Waals surface area (Å²) in [7, 11) is 2.10. The van der Waals surface area contributed by atoms with Gasteiger partial charge < -0.3 is 10.6 Å². The number of hydrogen-bond acceptors (Lipinski definition) is 3. The molecule has 3 nitrogen and oxygen atoms in total. The first kappa shape index (κ1) is 12.8. The Labute approximate surface area is 110 Å². The van der Waals surface area contributed by atoms with Crippen molar-refractivity contribution in [3.05, 3.63) is 28.5 Å². The highest BCUT2D eigenvalue weighted by atomic mass is 79.9. The Morgan fingerprint density at radius 3 is 3.18 bits per heavy atom. The summed E-state index contributed by atoms with van der Waals surface area (Å²) in [5.74, 6) is -0.209. The molecule has 2 rings (SSSR count). The third-order valence-electron chi connectivity index (χ3n) is 3.10. The summed E-state index contributed by atoms with van der Waals surface area (Å²) in [6.45, 7) is 3.75. The molecule has 5 heteroatoms. The van der Waals surface area contributed by atoms with Gasteiger partial charge in [-0.15, -0.1) is 0 Å². The molecule has 94 valence electrons. The molecule has 0 amide bonds. The van der Waals surface area contributed by atoms with E-state index in [2.05, 4.69) is 38.5 Å². The fourth-order valence-corrected chi connectivity index (χ4v) is 2.31. The molecule has 1 aromatic rings. The van der Waals surface area contributed by atoms with Crippen molar-refractivity contribution in [3.8, 4) is 0 Å². The molecule has 0 spiro atoms. The number of halogens is 2. The lowest BCUT2D eigenvalue weighted by atomic mass is 10.2. The fourth-order valence-electron chi connectivity index (χ4n) is 1.95. The highest BCUT2D eigenvalue weighted by molar-refractivity contribution is 9.10. The Hall–Kier alpha value is -0.650. The van der Waals surface area contributed by atoms with Crippen LogP contribution in [0.1, 0.15) is 0 Å². The Morgan fingerprint density at radius 2 is 2.41 bits per heavy atom. The number of benzene rings is 1. The SMILES string of the molecule is CN1CCNCC1CNc1cc(Br)ccc1F. The van der Waals surface area contributed by atoms with E-state index in [1.54, 1.807) is 12.1 Å². The molecular weight excluding hydrogens is 285 g/mol. The average molecular weight is 302 g/mol. The Balaban J connectivity index is 1.94. The number of rotatable bonds is 3. The molecule has 1 fully saturated rings. The van der Waals surface area contributed by atoms with Crippen molar-refractivity contribution in [2.45, 2.75) is 6.04 Å². The summed E-state index contributed by atoms with van der Waals surface area (Å²) in [6.07, 6.45) is 0. The lowest BCUT2D eigenvalue weighted by molar-refractivity contribution is 0.209. The predicted octanol–water partition coefficient (Wildman–Crippen LogP) is 1.90. The zero-order valence-electron chi connectivity index (χ0n) is 9.84. The van der Waals surface area contributed by atoms with Gasteiger partial charge in [-0.3, -0.25) is 4.90 Å². The largest absolute Gasteiger partial charge is 0.381 e. The van der Waals surface area contributed by atoms with Crippen molar-refractivity contribution in [2.24, 2.45) is 0 Å². The van der Waals surface area contributed by atoms with Gasteiger partial charge in [-0.25, -0.2) is 4.39 Å².